The fourth-order valence-corrected chi connectivity index (χ4v) is 1.93. The van der Waals surface area contributed by atoms with Crippen molar-refractivity contribution in [3.05, 3.63) is 41.2 Å². The minimum absolute atomic E-state index is 0.378. The van der Waals surface area contributed by atoms with E-state index in [-0.39, 0.29) is 0 Å². The van der Waals surface area contributed by atoms with E-state index in [1.807, 2.05) is 18.2 Å². The molecule has 0 spiro atoms. The Morgan fingerprint density at radius 2 is 2.00 bits per heavy atom. The molecule has 0 aliphatic rings. The lowest BCUT2D eigenvalue weighted by atomic mass is 9.94. The first-order valence-electron chi connectivity index (χ1n) is 5.66. The quantitative estimate of drug-likeness (QED) is 0.755. The van der Waals surface area contributed by atoms with E-state index in [0.29, 0.717) is 22.9 Å². The number of hydrogen-bond donors (Lipinski definition) is 0. The lowest BCUT2D eigenvalue weighted by Gasteiger charge is -2.10. The molecule has 0 fully saturated rings. The van der Waals surface area contributed by atoms with E-state index in [0.717, 1.165) is 11.8 Å². The third-order valence-corrected chi connectivity index (χ3v) is 2.86. The van der Waals surface area contributed by atoms with Crippen LogP contribution < -0.4 is 0 Å². The molecular formula is C14H15NO2. The second-order valence-electron chi connectivity index (χ2n) is 4.36. The molecule has 1 aromatic carbocycles. The Hall–Kier alpha value is -1.90. The minimum atomic E-state index is 0.378. The Balaban J connectivity index is 2.64. The molecule has 0 N–H and O–H groups in total. The van der Waals surface area contributed by atoms with Gasteiger partial charge in [-0.15, -0.1) is 0 Å². The van der Waals surface area contributed by atoms with Crippen molar-refractivity contribution in [2.75, 3.05) is 0 Å². The molecule has 0 aliphatic heterocycles. The molecule has 0 amide bonds. The van der Waals surface area contributed by atoms with Crippen LogP contribution in [0.1, 0.15) is 41.4 Å². The maximum absolute atomic E-state index is 11.1. The van der Waals surface area contributed by atoms with E-state index in [9.17, 15) is 4.79 Å². The monoisotopic (exact) mass is 229 g/mol. The van der Waals surface area contributed by atoms with Crippen molar-refractivity contribution in [1.29, 1.82) is 0 Å². The molecule has 0 saturated carbocycles. The van der Waals surface area contributed by atoms with E-state index in [4.69, 9.17) is 4.52 Å². The standard InChI is InChI=1S/C14H15NO2/c1-9(2)11-6-4-5-7-12(11)14-13(8-16)10(3)17-15-14/h4-9H,1-3H3. The summed E-state index contributed by atoms with van der Waals surface area (Å²) in [4.78, 5) is 11.1. The molecule has 3 heteroatoms. The molecule has 1 heterocycles. The summed E-state index contributed by atoms with van der Waals surface area (Å²) in [5, 5.41) is 3.99. The first-order valence-corrected chi connectivity index (χ1v) is 5.66. The van der Waals surface area contributed by atoms with Crippen molar-refractivity contribution in [1.82, 2.24) is 5.16 Å². The number of aromatic nitrogens is 1. The molecule has 1 aromatic heterocycles. The van der Waals surface area contributed by atoms with Crippen LogP contribution >= 0.6 is 0 Å². The van der Waals surface area contributed by atoms with Gasteiger partial charge in [0.15, 0.2) is 6.29 Å². The summed E-state index contributed by atoms with van der Waals surface area (Å²) in [6.45, 7) is 5.98. The van der Waals surface area contributed by atoms with Gasteiger partial charge in [0.2, 0.25) is 0 Å². The van der Waals surface area contributed by atoms with Crippen LogP contribution in [0.2, 0.25) is 0 Å². The number of rotatable bonds is 3. The average Bonchev–Trinajstić information content (AvgIpc) is 2.70. The summed E-state index contributed by atoms with van der Waals surface area (Å²) in [5.74, 6) is 0.941. The third kappa shape index (κ3) is 2.00. The number of aldehydes is 1. The van der Waals surface area contributed by atoms with Gasteiger partial charge in [-0.25, -0.2) is 0 Å². The topological polar surface area (TPSA) is 43.1 Å². The zero-order valence-corrected chi connectivity index (χ0v) is 10.2. The van der Waals surface area contributed by atoms with Crippen LogP contribution in [-0.2, 0) is 0 Å². The molecule has 2 rings (SSSR count). The van der Waals surface area contributed by atoms with Crippen molar-refractivity contribution < 1.29 is 9.32 Å². The van der Waals surface area contributed by atoms with Crippen molar-refractivity contribution >= 4 is 6.29 Å². The molecule has 0 saturated heterocycles. The number of nitrogens with zero attached hydrogens (tertiary/aromatic N) is 1. The lowest BCUT2D eigenvalue weighted by Crippen LogP contribution is -1.94. The third-order valence-electron chi connectivity index (χ3n) is 2.86. The summed E-state index contributed by atoms with van der Waals surface area (Å²) in [6.07, 6.45) is 0.804. The predicted molar refractivity (Wildman–Crippen MR) is 66.2 cm³/mol. The smallest absolute Gasteiger partial charge is 0.155 e. The van der Waals surface area contributed by atoms with Crippen LogP contribution in [0.3, 0.4) is 0 Å². The van der Waals surface area contributed by atoms with E-state index in [1.54, 1.807) is 6.92 Å². The summed E-state index contributed by atoms with van der Waals surface area (Å²) in [7, 11) is 0. The number of hydrogen-bond acceptors (Lipinski definition) is 3. The molecule has 17 heavy (non-hydrogen) atoms. The molecule has 0 bridgehead atoms. The molecule has 0 atom stereocenters. The van der Waals surface area contributed by atoms with Crippen LogP contribution in [0.15, 0.2) is 28.8 Å². The average molecular weight is 229 g/mol. The van der Waals surface area contributed by atoms with Gasteiger partial charge < -0.3 is 4.52 Å². The number of benzene rings is 1. The van der Waals surface area contributed by atoms with Crippen LogP contribution in [0.4, 0.5) is 0 Å². The highest BCUT2D eigenvalue weighted by atomic mass is 16.5. The van der Waals surface area contributed by atoms with E-state index < -0.39 is 0 Å². The Kier molecular flexibility index (Phi) is 3.09. The van der Waals surface area contributed by atoms with Crippen LogP contribution in [-0.4, -0.2) is 11.4 Å². The van der Waals surface area contributed by atoms with Gasteiger partial charge in [0, 0.05) is 5.56 Å². The highest BCUT2D eigenvalue weighted by Gasteiger charge is 2.17. The van der Waals surface area contributed by atoms with Gasteiger partial charge in [-0.2, -0.15) is 0 Å². The largest absolute Gasteiger partial charge is 0.360 e. The SMILES string of the molecule is Cc1onc(-c2ccccc2C(C)C)c1C=O. The van der Waals surface area contributed by atoms with Crippen LogP contribution in [0.25, 0.3) is 11.3 Å². The van der Waals surface area contributed by atoms with Crippen LogP contribution in [0, 0.1) is 6.92 Å². The van der Waals surface area contributed by atoms with Gasteiger partial charge in [-0.3, -0.25) is 4.79 Å². The molecule has 0 aliphatic carbocycles. The molecule has 88 valence electrons. The minimum Gasteiger partial charge on any atom is -0.360 e. The lowest BCUT2D eigenvalue weighted by molar-refractivity contribution is 0.112. The van der Waals surface area contributed by atoms with Crippen LogP contribution in [0.5, 0.6) is 0 Å². The van der Waals surface area contributed by atoms with Gasteiger partial charge in [-0.05, 0) is 18.4 Å². The molecule has 0 unspecified atom stereocenters. The summed E-state index contributed by atoms with van der Waals surface area (Å²) in [5.41, 5.74) is 3.32. The highest BCUT2D eigenvalue weighted by Crippen LogP contribution is 2.30. The normalized spacial score (nSPS) is 10.8. The van der Waals surface area contributed by atoms with Gasteiger partial charge in [0.25, 0.3) is 0 Å². The number of carbonyl (C=O) groups is 1. The Bertz CT molecular complexity index is 541. The van der Waals surface area contributed by atoms with Crippen molar-refractivity contribution in [3.8, 4) is 11.3 Å². The van der Waals surface area contributed by atoms with Crippen molar-refractivity contribution in [2.24, 2.45) is 0 Å². The first-order chi connectivity index (χ1) is 8.15. The van der Waals surface area contributed by atoms with Gasteiger partial charge >= 0.3 is 0 Å². The van der Waals surface area contributed by atoms with Gasteiger partial charge in [-0.1, -0.05) is 43.3 Å². The molecule has 2 aromatic rings. The fraction of sp³-hybridized carbons (Fsp3) is 0.286. The fourth-order valence-electron chi connectivity index (χ4n) is 1.93. The van der Waals surface area contributed by atoms with E-state index in [1.165, 1.54) is 5.56 Å². The summed E-state index contributed by atoms with van der Waals surface area (Å²) in [6, 6.07) is 7.96. The van der Waals surface area contributed by atoms with Gasteiger partial charge in [0.05, 0.1) is 5.56 Å². The molecule has 3 nitrogen and oxygen atoms in total. The zero-order chi connectivity index (χ0) is 12.4. The van der Waals surface area contributed by atoms with Crippen molar-refractivity contribution in [2.45, 2.75) is 26.7 Å². The maximum Gasteiger partial charge on any atom is 0.155 e. The van der Waals surface area contributed by atoms with E-state index in [2.05, 4.69) is 25.1 Å². The second-order valence-corrected chi connectivity index (χ2v) is 4.36. The molecular weight excluding hydrogens is 214 g/mol. The maximum atomic E-state index is 11.1. The molecule has 0 radical (unpaired) electrons. The number of carbonyl (C=O) groups excluding carboxylic acids is 1. The highest BCUT2D eigenvalue weighted by molar-refractivity contribution is 5.87. The number of aryl methyl sites for hydroxylation is 1. The Labute approximate surface area is 100 Å². The zero-order valence-electron chi connectivity index (χ0n) is 10.2. The van der Waals surface area contributed by atoms with Gasteiger partial charge in [0.1, 0.15) is 11.5 Å². The Morgan fingerprint density at radius 3 is 2.65 bits per heavy atom. The predicted octanol–water partition coefficient (Wildman–Crippen LogP) is 3.59. The summed E-state index contributed by atoms with van der Waals surface area (Å²) < 4.78 is 5.09. The Morgan fingerprint density at radius 1 is 1.29 bits per heavy atom. The first kappa shape index (κ1) is 11.6. The second kappa shape index (κ2) is 4.53. The summed E-state index contributed by atoms with van der Waals surface area (Å²) >= 11 is 0. The van der Waals surface area contributed by atoms with Crippen molar-refractivity contribution in [3.63, 3.8) is 0 Å². The van der Waals surface area contributed by atoms with E-state index >= 15 is 0 Å².